The molecule has 4 rings (SSSR count). The van der Waals surface area contributed by atoms with Crippen molar-refractivity contribution in [3.8, 4) is 0 Å². The fourth-order valence-corrected chi connectivity index (χ4v) is 3.39. The molecule has 120 valence electrons. The van der Waals surface area contributed by atoms with Crippen molar-refractivity contribution >= 4 is 11.8 Å². The number of nitrogens with zero attached hydrogens (tertiary/aromatic N) is 4. The van der Waals surface area contributed by atoms with Crippen molar-refractivity contribution in [1.29, 1.82) is 0 Å². The van der Waals surface area contributed by atoms with E-state index in [0.29, 0.717) is 24.4 Å². The van der Waals surface area contributed by atoms with Crippen LogP contribution in [0.15, 0.2) is 28.9 Å². The Morgan fingerprint density at radius 3 is 2.57 bits per heavy atom. The molecule has 2 amide bonds. The van der Waals surface area contributed by atoms with E-state index in [1.807, 2.05) is 11.8 Å². The molecule has 1 spiro atoms. The average Bonchev–Trinajstić information content (AvgIpc) is 3.04. The summed E-state index contributed by atoms with van der Waals surface area (Å²) in [6.45, 7) is 3.68. The van der Waals surface area contributed by atoms with Gasteiger partial charge in [0, 0.05) is 32.9 Å². The molecule has 0 atom stereocenters. The SMILES string of the molecule is Cc1ccc(C(=O)N2CC3(CCN3C(=O)c3cnn(C)c3)C2)o1. The van der Waals surface area contributed by atoms with E-state index in [4.69, 9.17) is 4.42 Å². The minimum atomic E-state index is -0.204. The summed E-state index contributed by atoms with van der Waals surface area (Å²) < 4.78 is 7.01. The zero-order chi connectivity index (χ0) is 16.2. The Bertz CT molecular complexity index is 785. The van der Waals surface area contributed by atoms with Crippen molar-refractivity contribution in [1.82, 2.24) is 19.6 Å². The van der Waals surface area contributed by atoms with Crippen LogP contribution in [0.3, 0.4) is 0 Å². The number of aromatic nitrogens is 2. The summed E-state index contributed by atoms with van der Waals surface area (Å²) in [6.07, 6.45) is 4.24. The van der Waals surface area contributed by atoms with Crippen molar-refractivity contribution < 1.29 is 14.0 Å². The molecule has 2 aliphatic rings. The van der Waals surface area contributed by atoms with Gasteiger partial charge in [0.1, 0.15) is 5.76 Å². The molecule has 2 saturated heterocycles. The lowest BCUT2D eigenvalue weighted by molar-refractivity contribution is -0.0855. The molecule has 0 aromatic carbocycles. The predicted molar refractivity (Wildman–Crippen MR) is 80.9 cm³/mol. The van der Waals surface area contributed by atoms with E-state index in [0.717, 1.165) is 18.7 Å². The van der Waals surface area contributed by atoms with Gasteiger partial charge in [-0.2, -0.15) is 5.10 Å². The smallest absolute Gasteiger partial charge is 0.289 e. The molecule has 0 saturated carbocycles. The Morgan fingerprint density at radius 1 is 1.26 bits per heavy atom. The molecule has 23 heavy (non-hydrogen) atoms. The molecule has 0 aliphatic carbocycles. The minimum absolute atomic E-state index is 0.00899. The fraction of sp³-hybridized carbons (Fsp3) is 0.438. The van der Waals surface area contributed by atoms with E-state index in [2.05, 4.69) is 5.10 Å². The van der Waals surface area contributed by atoms with Crippen LogP contribution in [-0.2, 0) is 7.05 Å². The first-order chi connectivity index (χ1) is 11.0. The number of furan rings is 1. The number of hydrogen-bond donors (Lipinski definition) is 0. The molecule has 0 unspecified atom stereocenters. The first-order valence-corrected chi connectivity index (χ1v) is 7.65. The van der Waals surface area contributed by atoms with Crippen molar-refractivity contribution in [2.75, 3.05) is 19.6 Å². The molecule has 4 heterocycles. The zero-order valence-corrected chi connectivity index (χ0v) is 13.2. The Morgan fingerprint density at radius 2 is 2.04 bits per heavy atom. The van der Waals surface area contributed by atoms with Gasteiger partial charge >= 0.3 is 0 Å². The minimum Gasteiger partial charge on any atom is -0.456 e. The number of aryl methyl sites for hydroxylation is 2. The summed E-state index contributed by atoms with van der Waals surface area (Å²) in [6, 6.07) is 3.48. The summed E-state index contributed by atoms with van der Waals surface area (Å²) >= 11 is 0. The van der Waals surface area contributed by atoms with Gasteiger partial charge in [0.15, 0.2) is 5.76 Å². The Kier molecular flexibility index (Phi) is 2.88. The number of hydrogen-bond acceptors (Lipinski definition) is 4. The number of carbonyl (C=O) groups excluding carboxylic acids is 2. The summed E-state index contributed by atoms with van der Waals surface area (Å²) in [5.41, 5.74) is 0.391. The quantitative estimate of drug-likeness (QED) is 0.831. The molecule has 2 aliphatic heterocycles. The Hall–Kier alpha value is -2.57. The van der Waals surface area contributed by atoms with Gasteiger partial charge in [-0.15, -0.1) is 0 Å². The van der Waals surface area contributed by atoms with E-state index in [1.54, 1.807) is 41.2 Å². The molecular weight excluding hydrogens is 296 g/mol. The zero-order valence-electron chi connectivity index (χ0n) is 13.2. The second kappa shape index (κ2) is 4.71. The van der Waals surface area contributed by atoms with Crippen LogP contribution in [0.25, 0.3) is 0 Å². The largest absolute Gasteiger partial charge is 0.456 e. The van der Waals surface area contributed by atoms with Crippen molar-refractivity contribution in [3.63, 3.8) is 0 Å². The third-order valence-corrected chi connectivity index (χ3v) is 4.78. The second-order valence-corrected chi connectivity index (χ2v) is 6.41. The van der Waals surface area contributed by atoms with Crippen LogP contribution in [0.4, 0.5) is 0 Å². The van der Waals surface area contributed by atoms with Gasteiger partial charge in [-0.1, -0.05) is 0 Å². The van der Waals surface area contributed by atoms with Crippen molar-refractivity contribution in [3.05, 3.63) is 41.6 Å². The normalized spacial score (nSPS) is 18.7. The molecule has 2 fully saturated rings. The standard InChI is InChI=1S/C16H18N4O3/c1-11-3-4-13(23-11)15(22)19-9-16(10-19)5-6-20(16)14(21)12-7-17-18(2)8-12/h3-4,7-8H,5-6,9-10H2,1-2H3. The lowest BCUT2D eigenvalue weighted by Crippen LogP contribution is -2.78. The summed E-state index contributed by atoms with van der Waals surface area (Å²) in [4.78, 5) is 28.5. The molecule has 0 N–H and O–H groups in total. The summed E-state index contributed by atoms with van der Waals surface area (Å²) in [5, 5.41) is 4.05. The van der Waals surface area contributed by atoms with Crippen LogP contribution in [0, 0.1) is 6.92 Å². The van der Waals surface area contributed by atoms with E-state index >= 15 is 0 Å². The third-order valence-electron chi connectivity index (χ3n) is 4.78. The van der Waals surface area contributed by atoms with Crippen LogP contribution >= 0.6 is 0 Å². The lowest BCUT2D eigenvalue weighted by atomic mass is 9.77. The number of amides is 2. The molecule has 2 aromatic rings. The monoisotopic (exact) mass is 314 g/mol. The van der Waals surface area contributed by atoms with Gasteiger partial charge in [-0.3, -0.25) is 14.3 Å². The highest BCUT2D eigenvalue weighted by Crippen LogP contribution is 2.40. The maximum absolute atomic E-state index is 12.5. The molecule has 0 radical (unpaired) electrons. The maximum Gasteiger partial charge on any atom is 0.289 e. The van der Waals surface area contributed by atoms with Crippen molar-refractivity contribution in [2.24, 2.45) is 7.05 Å². The maximum atomic E-state index is 12.5. The van der Waals surface area contributed by atoms with Crippen LogP contribution in [-0.4, -0.2) is 56.6 Å². The molecule has 2 aromatic heterocycles. The number of rotatable bonds is 2. The van der Waals surface area contributed by atoms with E-state index < -0.39 is 0 Å². The topological polar surface area (TPSA) is 71.6 Å². The Labute approximate surface area is 133 Å². The van der Waals surface area contributed by atoms with Crippen LogP contribution in [0.5, 0.6) is 0 Å². The number of likely N-dealkylation sites (tertiary alicyclic amines) is 2. The predicted octanol–water partition coefficient (Wildman–Crippen LogP) is 1.06. The molecule has 0 bridgehead atoms. The van der Waals surface area contributed by atoms with Gasteiger partial charge in [-0.05, 0) is 25.5 Å². The molecule has 7 nitrogen and oxygen atoms in total. The van der Waals surface area contributed by atoms with Gasteiger partial charge in [0.2, 0.25) is 0 Å². The first kappa shape index (κ1) is 14.0. The van der Waals surface area contributed by atoms with E-state index in [1.165, 1.54) is 0 Å². The highest BCUT2D eigenvalue weighted by molar-refractivity contribution is 5.96. The highest BCUT2D eigenvalue weighted by Gasteiger charge is 2.57. The summed E-state index contributed by atoms with van der Waals surface area (Å²) in [5.74, 6) is 0.970. The van der Waals surface area contributed by atoms with Crippen molar-refractivity contribution in [2.45, 2.75) is 18.9 Å². The average molecular weight is 314 g/mol. The highest BCUT2D eigenvalue weighted by atomic mass is 16.3. The fourth-order valence-electron chi connectivity index (χ4n) is 3.39. The second-order valence-electron chi connectivity index (χ2n) is 6.41. The lowest BCUT2D eigenvalue weighted by Gasteiger charge is -2.62. The van der Waals surface area contributed by atoms with Gasteiger partial charge in [0.25, 0.3) is 11.8 Å². The van der Waals surface area contributed by atoms with Gasteiger partial charge in [-0.25, -0.2) is 0 Å². The third kappa shape index (κ3) is 2.07. The van der Waals surface area contributed by atoms with E-state index in [-0.39, 0.29) is 17.4 Å². The summed E-state index contributed by atoms with van der Waals surface area (Å²) in [7, 11) is 1.79. The van der Waals surface area contributed by atoms with Crippen LogP contribution in [0.2, 0.25) is 0 Å². The van der Waals surface area contributed by atoms with Gasteiger partial charge < -0.3 is 14.2 Å². The van der Waals surface area contributed by atoms with Crippen LogP contribution < -0.4 is 0 Å². The van der Waals surface area contributed by atoms with Gasteiger partial charge in [0.05, 0.1) is 17.3 Å². The Balaban J connectivity index is 1.44. The van der Waals surface area contributed by atoms with Crippen LogP contribution in [0.1, 0.15) is 33.1 Å². The van der Waals surface area contributed by atoms with E-state index in [9.17, 15) is 9.59 Å². The first-order valence-electron chi connectivity index (χ1n) is 7.65. The molecule has 7 heteroatoms. The molecular formula is C16H18N4O3. The number of carbonyl (C=O) groups is 2.